The highest BCUT2D eigenvalue weighted by molar-refractivity contribution is 5.97. The van der Waals surface area contributed by atoms with Crippen molar-refractivity contribution in [2.24, 2.45) is 0 Å². The molecule has 98 valence electrons. The number of ether oxygens (including phenoxy) is 1. The number of carbonyl (C=O) groups excluding carboxylic acids is 1. The van der Waals surface area contributed by atoms with Gasteiger partial charge < -0.3 is 9.84 Å². The van der Waals surface area contributed by atoms with E-state index in [4.69, 9.17) is 4.74 Å². The van der Waals surface area contributed by atoms with E-state index in [1.165, 1.54) is 12.1 Å². The summed E-state index contributed by atoms with van der Waals surface area (Å²) in [5.74, 6) is -1.08. The summed E-state index contributed by atoms with van der Waals surface area (Å²) in [6.45, 7) is 1.95. The fourth-order valence-electron chi connectivity index (χ4n) is 1.82. The van der Waals surface area contributed by atoms with Crippen LogP contribution in [0.1, 0.15) is 17.3 Å². The van der Waals surface area contributed by atoms with E-state index in [0.717, 1.165) is 6.07 Å². The van der Waals surface area contributed by atoms with E-state index >= 15 is 0 Å². The largest absolute Gasteiger partial charge is 0.508 e. The molecule has 0 atom stereocenters. The zero-order valence-electron chi connectivity index (χ0n) is 10.4. The Bertz CT molecular complexity index is 608. The lowest BCUT2D eigenvalue weighted by molar-refractivity contribution is 0.0527. The monoisotopic (exact) mass is 260 g/mol. The van der Waals surface area contributed by atoms with Gasteiger partial charge in [0.05, 0.1) is 12.2 Å². The summed E-state index contributed by atoms with van der Waals surface area (Å²) < 4.78 is 18.8. The van der Waals surface area contributed by atoms with Crippen LogP contribution in [0.5, 0.6) is 5.75 Å². The number of rotatable bonds is 3. The third kappa shape index (κ3) is 2.73. The van der Waals surface area contributed by atoms with Gasteiger partial charge in [-0.25, -0.2) is 9.18 Å². The standard InChI is InChI=1S/C15H13FO3/c1-2-19-15(18)12-6-4-3-5-11(12)13-9-10(17)7-8-14(13)16/h3-9,17H,2H2,1H3. The molecule has 2 aromatic carbocycles. The van der Waals surface area contributed by atoms with E-state index in [1.807, 2.05) is 0 Å². The van der Waals surface area contributed by atoms with Gasteiger partial charge in [0, 0.05) is 5.56 Å². The molecule has 0 aliphatic carbocycles. The van der Waals surface area contributed by atoms with Crippen molar-refractivity contribution in [2.75, 3.05) is 6.61 Å². The summed E-state index contributed by atoms with van der Waals surface area (Å²) in [5.41, 5.74) is 0.840. The van der Waals surface area contributed by atoms with Crippen molar-refractivity contribution in [1.29, 1.82) is 0 Å². The highest BCUT2D eigenvalue weighted by Gasteiger charge is 2.16. The van der Waals surface area contributed by atoms with Crippen LogP contribution in [0.15, 0.2) is 42.5 Å². The van der Waals surface area contributed by atoms with Gasteiger partial charge in [0.2, 0.25) is 0 Å². The Morgan fingerprint density at radius 2 is 1.95 bits per heavy atom. The fraction of sp³-hybridized carbons (Fsp3) is 0.133. The summed E-state index contributed by atoms with van der Waals surface area (Å²) in [6, 6.07) is 10.3. The molecule has 0 unspecified atom stereocenters. The normalized spacial score (nSPS) is 10.2. The fourth-order valence-corrected chi connectivity index (χ4v) is 1.82. The van der Waals surface area contributed by atoms with Gasteiger partial charge in [-0.3, -0.25) is 0 Å². The molecule has 0 aromatic heterocycles. The summed E-state index contributed by atoms with van der Waals surface area (Å²) >= 11 is 0. The van der Waals surface area contributed by atoms with Gasteiger partial charge in [0.15, 0.2) is 0 Å². The number of phenolic OH excluding ortho intramolecular Hbond substituents is 1. The lowest BCUT2D eigenvalue weighted by Gasteiger charge is -2.10. The molecule has 3 nitrogen and oxygen atoms in total. The Morgan fingerprint density at radius 3 is 2.68 bits per heavy atom. The Kier molecular flexibility index (Phi) is 3.80. The van der Waals surface area contributed by atoms with Gasteiger partial charge in [-0.15, -0.1) is 0 Å². The van der Waals surface area contributed by atoms with Crippen LogP contribution in [0, 0.1) is 5.82 Å². The highest BCUT2D eigenvalue weighted by atomic mass is 19.1. The molecule has 0 aliphatic rings. The first-order valence-corrected chi connectivity index (χ1v) is 5.88. The number of esters is 1. The second kappa shape index (κ2) is 5.52. The molecule has 4 heteroatoms. The van der Waals surface area contributed by atoms with Gasteiger partial charge in [0.1, 0.15) is 11.6 Å². The van der Waals surface area contributed by atoms with E-state index in [-0.39, 0.29) is 23.5 Å². The zero-order chi connectivity index (χ0) is 13.8. The predicted octanol–water partition coefficient (Wildman–Crippen LogP) is 3.38. The number of carbonyl (C=O) groups is 1. The molecule has 0 spiro atoms. The average molecular weight is 260 g/mol. The summed E-state index contributed by atoms with van der Waals surface area (Å²) in [7, 11) is 0. The maximum atomic E-state index is 13.8. The molecule has 0 aliphatic heterocycles. The van der Waals surface area contributed by atoms with Gasteiger partial charge in [-0.05, 0) is 36.8 Å². The second-order valence-corrected chi connectivity index (χ2v) is 3.93. The molecule has 0 saturated heterocycles. The van der Waals surface area contributed by atoms with Crippen LogP contribution in [0.25, 0.3) is 11.1 Å². The Morgan fingerprint density at radius 1 is 1.21 bits per heavy atom. The first-order valence-electron chi connectivity index (χ1n) is 5.88. The molecule has 1 N–H and O–H groups in total. The van der Waals surface area contributed by atoms with Gasteiger partial charge in [-0.2, -0.15) is 0 Å². The van der Waals surface area contributed by atoms with Gasteiger partial charge in [-0.1, -0.05) is 18.2 Å². The molecule has 0 saturated carbocycles. The number of phenols is 1. The molecule has 0 radical (unpaired) electrons. The van der Waals surface area contributed by atoms with Crippen LogP contribution in [0.3, 0.4) is 0 Å². The molecule has 0 heterocycles. The van der Waals surface area contributed by atoms with Crippen molar-refractivity contribution < 1.29 is 19.0 Å². The molecule has 0 fully saturated rings. The number of benzene rings is 2. The van der Waals surface area contributed by atoms with Gasteiger partial charge in [0.25, 0.3) is 0 Å². The number of hydrogen-bond acceptors (Lipinski definition) is 3. The van der Waals surface area contributed by atoms with Crippen molar-refractivity contribution in [3.05, 3.63) is 53.8 Å². The lowest BCUT2D eigenvalue weighted by atomic mass is 9.99. The predicted molar refractivity (Wildman–Crippen MR) is 69.5 cm³/mol. The van der Waals surface area contributed by atoms with Crippen LogP contribution < -0.4 is 0 Å². The number of hydrogen-bond donors (Lipinski definition) is 1. The minimum atomic E-state index is -0.513. The maximum absolute atomic E-state index is 13.8. The number of halogens is 1. The minimum absolute atomic E-state index is 0.0601. The third-order valence-corrected chi connectivity index (χ3v) is 2.66. The third-order valence-electron chi connectivity index (χ3n) is 2.66. The van der Waals surface area contributed by atoms with Crippen molar-refractivity contribution in [1.82, 2.24) is 0 Å². The molecule has 0 amide bonds. The molecular formula is C15H13FO3. The highest BCUT2D eigenvalue weighted by Crippen LogP contribution is 2.29. The van der Waals surface area contributed by atoms with Crippen LogP contribution >= 0.6 is 0 Å². The average Bonchev–Trinajstić information content (AvgIpc) is 2.42. The maximum Gasteiger partial charge on any atom is 0.338 e. The van der Waals surface area contributed by atoms with E-state index in [9.17, 15) is 14.3 Å². The molecule has 2 rings (SSSR count). The second-order valence-electron chi connectivity index (χ2n) is 3.93. The van der Waals surface area contributed by atoms with Crippen molar-refractivity contribution >= 4 is 5.97 Å². The van der Waals surface area contributed by atoms with Gasteiger partial charge >= 0.3 is 5.97 Å². The van der Waals surface area contributed by atoms with Crippen LogP contribution in [-0.4, -0.2) is 17.7 Å². The first-order chi connectivity index (χ1) is 9.13. The van der Waals surface area contributed by atoms with Crippen molar-refractivity contribution in [3.8, 4) is 16.9 Å². The van der Waals surface area contributed by atoms with E-state index in [1.54, 1.807) is 31.2 Å². The van der Waals surface area contributed by atoms with E-state index in [0.29, 0.717) is 5.56 Å². The molecule has 19 heavy (non-hydrogen) atoms. The quantitative estimate of drug-likeness (QED) is 0.860. The summed E-state index contributed by atoms with van der Waals surface area (Å²) in [6.07, 6.45) is 0. The van der Waals surface area contributed by atoms with Crippen LogP contribution in [0.4, 0.5) is 4.39 Å². The SMILES string of the molecule is CCOC(=O)c1ccccc1-c1cc(O)ccc1F. The summed E-state index contributed by atoms with van der Waals surface area (Å²) in [5, 5.41) is 9.45. The van der Waals surface area contributed by atoms with Crippen LogP contribution in [0.2, 0.25) is 0 Å². The Labute approximate surface area is 110 Å². The first kappa shape index (κ1) is 13.1. The Hall–Kier alpha value is -2.36. The van der Waals surface area contributed by atoms with Crippen molar-refractivity contribution in [2.45, 2.75) is 6.92 Å². The van der Waals surface area contributed by atoms with E-state index in [2.05, 4.69) is 0 Å². The Balaban J connectivity index is 2.56. The lowest BCUT2D eigenvalue weighted by Crippen LogP contribution is -2.06. The van der Waals surface area contributed by atoms with E-state index < -0.39 is 11.8 Å². The minimum Gasteiger partial charge on any atom is -0.508 e. The number of aromatic hydroxyl groups is 1. The topological polar surface area (TPSA) is 46.5 Å². The molecule has 0 bridgehead atoms. The van der Waals surface area contributed by atoms with Crippen molar-refractivity contribution in [3.63, 3.8) is 0 Å². The van der Waals surface area contributed by atoms with Crippen LogP contribution in [-0.2, 0) is 4.74 Å². The smallest absolute Gasteiger partial charge is 0.338 e. The summed E-state index contributed by atoms with van der Waals surface area (Å²) in [4.78, 5) is 11.8. The molecule has 2 aromatic rings. The zero-order valence-corrected chi connectivity index (χ0v) is 10.4. The molecular weight excluding hydrogens is 247 g/mol.